The van der Waals surface area contributed by atoms with E-state index in [0.29, 0.717) is 24.1 Å². The highest BCUT2D eigenvalue weighted by Crippen LogP contribution is 2.40. The first-order valence-corrected chi connectivity index (χ1v) is 11.2. The smallest absolute Gasteiger partial charge is 0.295 e. The van der Waals surface area contributed by atoms with Crippen molar-refractivity contribution in [3.05, 3.63) is 76.1 Å². The average molecular weight is 453 g/mol. The number of carbonyl (C=O) groups is 2. The Balaban J connectivity index is 2.17. The van der Waals surface area contributed by atoms with Crippen molar-refractivity contribution in [3.8, 4) is 0 Å². The van der Waals surface area contributed by atoms with E-state index in [1.165, 1.54) is 17.0 Å². The second-order valence-corrected chi connectivity index (χ2v) is 9.98. The van der Waals surface area contributed by atoms with Crippen LogP contribution >= 0.6 is 0 Å². The number of rotatable bonds is 6. The standard InChI is InChI=1S/C27H33FN2O3/c1-17-8-11-19(27(2,3)4)16-21(17)24(31)22-23(18-9-12-20(28)13-10-18)30(26(33)25(22)32)15-7-14-29(5)6/h8-13,16,23,31H,7,14-15H2,1-6H3/b24-22+. The van der Waals surface area contributed by atoms with Crippen LogP contribution in [-0.4, -0.2) is 53.8 Å². The molecular weight excluding hydrogens is 419 g/mol. The highest BCUT2D eigenvalue weighted by Gasteiger charge is 2.46. The first-order chi connectivity index (χ1) is 15.4. The SMILES string of the molecule is Cc1ccc(C(C)(C)C)cc1/C(O)=C1\C(=O)C(=O)N(CCCN(C)C)C1c1ccc(F)cc1. The van der Waals surface area contributed by atoms with Crippen LogP contribution in [0.4, 0.5) is 4.39 Å². The minimum atomic E-state index is -0.773. The molecule has 0 aromatic heterocycles. The van der Waals surface area contributed by atoms with Gasteiger partial charge in [-0.15, -0.1) is 0 Å². The molecular formula is C27H33FN2O3. The van der Waals surface area contributed by atoms with Gasteiger partial charge in [0, 0.05) is 12.1 Å². The van der Waals surface area contributed by atoms with E-state index in [1.807, 2.05) is 44.1 Å². The summed E-state index contributed by atoms with van der Waals surface area (Å²) in [4.78, 5) is 29.7. The topological polar surface area (TPSA) is 60.9 Å². The van der Waals surface area contributed by atoms with Crippen molar-refractivity contribution >= 4 is 17.4 Å². The quantitative estimate of drug-likeness (QED) is 0.388. The molecule has 1 atom stereocenters. The second-order valence-electron chi connectivity index (χ2n) is 9.98. The Hall–Kier alpha value is -2.99. The number of Topliss-reactive ketones (excluding diaryl/α,β-unsaturated/α-hetero) is 1. The number of likely N-dealkylation sites (tertiary alicyclic amines) is 1. The van der Waals surface area contributed by atoms with Crippen LogP contribution in [0.2, 0.25) is 0 Å². The van der Waals surface area contributed by atoms with Crippen LogP contribution in [0.5, 0.6) is 0 Å². The molecule has 1 unspecified atom stereocenters. The molecule has 1 saturated heterocycles. The van der Waals surface area contributed by atoms with Gasteiger partial charge in [-0.1, -0.05) is 45.0 Å². The summed E-state index contributed by atoms with van der Waals surface area (Å²) in [5, 5.41) is 11.4. The summed E-state index contributed by atoms with van der Waals surface area (Å²) in [5.74, 6) is -1.96. The van der Waals surface area contributed by atoms with Gasteiger partial charge in [-0.2, -0.15) is 0 Å². The normalized spacial score (nSPS) is 18.4. The van der Waals surface area contributed by atoms with Gasteiger partial charge in [0.1, 0.15) is 11.6 Å². The van der Waals surface area contributed by atoms with Crippen molar-refractivity contribution in [2.24, 2.45) is 0 Å². The fourth-order valence-corrected chi connectivity index (χ4v) is 4.15. The highest BCUT2D eigenvalue weighted by atomic mass is 19.1. The minimum Gasteiger partial charge on any atom is -0.507 e. The Bertz CT molecular complexity index is 1080. The van der Waals surface area contributed by atoms with Crippen LogP contribution in [0.25, 0.3) is 5.76 Å². The zero-order chi connectivity index (χ0) is 24.5. The van der Waals surface area contributed by atoms with E-state index < -0.39 is 23.5 Å². The molecule has 2 aromatic carbocycles. The first kappa shape index (κ1) is 24.6. The monoisotopic (exact) mass is 452 g/mol. The Morgan fingerprint density at radius 3 is 2.30 bits per heavy atom. The largest absolute Gasteiger partial charge is 0.507 e. The molecule has 0 radical (unpaired) electrons. The van der Waals surface area contributed by atoms with Gasteiger partial charge >= 0.3 is 0 Å². The summed E-state index contributed by atoms with van der Waals surface area (Å²) in [7, 11) is 3.88. The summed E-state index contributed by atoms with van der Waals surface area (Å²) in [6.45, 7) is 9.17. The predicted octanol–water partition coefficient (Wildman–Crippen LogP) is 4.81. The maximum atomic E-state index is 13.6. The van der Waals surface area contributed by atoms with Crippen LogP contribution in [0.3, 0.4) is 0 Å². The molecule has 1 N–H and O–H groups in total. The zero-order valence-corrected chi connectivity index (χ0v) is 20.3. The van der Waals surface area contributed by atoms with Crippen LogP contribution < -0.4 is 0 Å². The van der Waals surface area contributed by atoms with E-state index in [-0.39, 0.29) is 16.7 Å². The van der Waals surface area contributed by atoms with Gasteiger partial charge in [0.2, 0.25) is 0 Å². The molecule has 0 aliphatic carbocycles. The Morgan fingerprint density at radius 1 is 1.09 bits per heavy atom. The lowest BCUT2D eigenvalue weighted by Crippen LogP contribution is -2.32. The number of hydrogen-bond acceptors (Lipinski definition) is 4. The number of nitrogens with zero attached hydrogens (tertiary/aromatic N) is 2. The van der Waals surface area contributed by atoms with Crippen molar-refractivity contribution in [1.82, 2.24) is 9.80 Å². The molecule has 3 rings (SSSR count). The number of benzene rings is 2. The number of hydrogen-bond donors (Lipinski definition) is 1. The van der Waals surface area contributed by atoms with Gasteiger partial charge < -0.3 is 14.9 Å². The molecule has 1 aliphatic heterocycles. The average Bonchev–Trinajstić information content (AvgIpc) is 2.98. The number of carbonyl (C=O) groups excluding carboxylic acids is 2. The molecule has 0 spiro atoms. The summed E-state index contributed by atoms with van der Waals surface area (Å²) >= 11 is 0. The number of aliphatic hydroxyl groups is 1. The molecule has 0 bridgehead atoms. The number of aliphatic hydroxyl groups excluding tert-OH is 1. The molecule has 2 aromatic rings. The third-order valence-electron chi connectivity index (χ3n) is 6.09. The third kappa shape index (κ3) is 5.17. The lowest BCUT2D eigenvalue weighted by atomic mass is 9.84. The molecule has 1 amide bonds. The van der Waals surface area contributed by atoms with E-state index in [1.54, 1.807) is 12.1 Å². The molecule has 0 saturated carbocycles. The fraction of sp³-hybridized carbons (Fsp3) is 0.407. The third-order valence-corrected chi connectivity index (χ3v) is 6.09. The van der Waals surface area contributed by atoms with Crippen molar-refractivity contribution in [2.75, 3.05) is 27.2 Å². The second kappa shape index (κ2) is 9.48. The molecule has 5 nitrogen and oxygen atoms in total. The molecule has 176 valence electrons. The van der Waals surface area contributed by atoms with Crippen LogP contribution in [-0.2, 0) is 15.0 Å². The Kier molecular flexibility index (Phi) is 7.08. The summed E-state index contributed by atoms with van der Waals surface area (Å²) in [5.41, 5.74) is 2.82. The minimum absolute atomic E-state index is 0.0469. The molecule has 1 aliphatic rings. The number of ketones is 1. The predicted molar refractivity (Wildman–Crippen MR) is 128 cm³/mol. The summed E-state index contributed by atoms with van der Waals surface area (Å²) in [6, 6.07) is 10.8. The first-order valence-electron chi connectivity index (χ1n) is 11.2. The maximum absolute atomic E-state index is 13.6. The van der Waals surface area contributed by atoms with Crippen molar-refractivity contribution in [2.45, 2.75) is 45.6 Å². The van der Waals surface area contributed by atoms with Crippen molar-refractivity contribution < 1.29 is 19.1 Å². The van der Waals surface area contributed by atoms with Crippen LogP contribution in [0.1, 0.15) is 55.5 Å². The van der Waals surface area contributed by atoms with Gasteiger partial charge in [-0.05, 0) is 74.3 Å². The van der Waals surface area contributed by atoms with Gasteiger partial charge in [0.25, 0.3) is 11.7 Å². The van der Waals surface area contributed by atoms with Gasteiger partial charge in [0.05, 0.1) is 11.6 Å². The van der Waals surface area contributed by atoms with Gasteiger partial charge in [0.15, 0.2) is 0 Å². The van der Waals surface area contributed by atoms with E-state index in [0.717, 1.165) is 17.7 Å². The highest BCUT2D eigenvalue weighted by molar-refractivity contribution is 6.46. The maximum Gasteiger partial charge on any atom is 0.295 e. The lowest BCUT2D eigenvalue weighted by molar-refractivity contribution is -0.139. The summed E-state index contributed by atoms with van der Waals surface area (Å²) < 4.78 is 13.6. The number of amides is 1. The van der Waals surface area contributed by atoms with Crippen molar-refractivity contribution in [1.29, 1.82) is 0 Å². The molecule has 1 fully saturated rings. The molecule has 6 heteroatoms. The number of halogens is 1. The van der Waals surface area contributed by atoms with Crippen LogP contribution in [0.15, 0.2) is 48.0 Å². The fourth-order valence-electron chi connectivity index (χ4n) is 4.15. The molecule has 1 heterocycles. The van der Waals surface area contributed by atoms with E-state index in [2.05, 4.69) is 20.8 Å². The van der Waals surface area contributed by atoms with Gasteiger partial charge in [-0.25, -0.2) is 4.39 Å². The van der Waals surface area contributed by atoms with E-state index in [9.17, 15) is 19.1 Å². The Morgan fingerprint density at radius 2 is 1.73 bits per heavy atom. The van der Waals surface area contributed by atoms with E-state index >= 15 is 0 Å². The lowest BCUT2D eigenvalue weighted by Gasteiger charge is -2.26. The molecule has 33 heavy (non-hydrogen) atoms. The van der Waals surface area contributed by atoms with E-state index in [4.69, 9.17) is 0 Å². The van der Waals surface area contributed by atoms with Crippen molar-refractivity contribution in [3.63, 3.8) is 0 Å². The summed E-state index contributed by atoms with van der Waals surface area (Å²) in [6.07, 6.45) is 0.663. The zero-order valence-electron chi connectivity index (χ0n) is 20.3. The van der Waals surface area contributed by atoms with Gasteiger partial charge in [-0.3, -0.25) is 9.59 Å². The Labute approximate surface area is 195 Å². The number of aryl methyl sites for hydroxylation is 1. The van der Waals surface area contributed by atoms with Crippen LogP contribution in [0, 0.1) is 12.7 Å².